The van der Waals surface area contributed by atoms with Gasteiger partial charge in [-0.15, -0.1) is 0 Å². The van der Waals surface area contributed by atoms with Crippen molar-refractivity contribution in [1.82, 2.24) is 9.97 Å². The van der Waals surface area contributed by atoms with Crippen molar-refractivity contribution in [3.8, 4) is 0 Å². The minimum absolute atomic E-state index is 0.425. The van der Waals surface area contributed by atoms with Crippen LogP contribution in [0.25, 0.3) is 0 Å². The number of nitrogens with two attached hydrogens (primary N) is 1. The zero-order chi connectivity index (χ0) is 15.0. The number of rotatable bonds is 9. The van der Waals surface area contributed by atoms with Crippen molar-refractivity contribution in [3.05, 3.63) is 11.4 Å². The van der Waals surface area contributed by atoms with Crippen molar-refractivity contribution in [2.45, 2.75) is 78.7 Å². The zero-order valence-electron chi connectivity index (χ0n) is 13.5. The maximum absolute atomic E-state index is 5.98. The molecule has 0 saturated heterocycles. The molecule has 114 valence electrons. The lowest BCUT2D eigenvalue weighted by molar-refractivity contribution is 0.592. The smallest absolute Gasteiger partial charge is 0.134 e. The van der Waals surface area contributed by atoms with Gasteiger partial charge in [-0.25, -0.2) is 9.97 Å². The second kappa shape index (κ2) is 8.77. The molecule has 4 heteroatoms. The average Bonchev–Trinajstić information content (AvgIpc) is 2.41. The summed E-state index contributed by atoms with van der Waals surface area (Å²) in [5.74, 6) is 2.35. The van der Waals surface area contributed by atoms with E-state index in [1.807, 2.05) is 6.92 Å². The third-order valence-corrected chi connectivity index (χ3v) is 3.58. The van der Waals surface area contributed by atoms with Crippen LogP contribution < -0.4 is 11.1 Å². The molecule has 0 bridgehead atoms. The maximum Gasteiger partial charge on any atom is 0.134 e. The molecule has 3 N–H and O–H groups in total. The predicted octanol–water partition coefficient (Wildman–Crippen LogP) is 4.09. The summed E-state index contributed by atoms with van der Waals surface area (Å²) in [4.78, 5) is 8.95. The summed E-state index contributed by atoms with van der Waals surface area (Å²) < 4.78 is 0. The van der Waals surface area contributed by atoms with Gasteiger partial charge in [-0.3, -0.25) is 0 Å². The van der Waals surface area contributed by atoms with Crippen molar-refractivity contribution < 1.29 is 0 Å². The summed E-state index contributed by atoms with van der Waals surface area (Å²) in [5.41, 5.74) is 6.94. The number of nitrogen functional groups attached to an aromatic ring is 1. The number of unbranched alkanes of at least 4 members (excludes halogenated alkanes) is 3. The van der Waals surface area contributed by atoms with E-state index in [2.05, 4.69) is 36.1 Å². The lowest BCUT2D eigenvalue weighted by atomic mass is 10.1. The van der Waals surface area contributed by atoms with E-state index in [1.54, 1.807) is 0 Å². The van der Waals surface area contributed by atoms with Crippen LogP contribution in [0.4, 0.5) is 11.6 Å². The Kier molecular flexibility index (Phi) is 7.34. The fourth-order valence-corrected chi connectivity index (χ4v) is 2.24. The maximum atomic E-state index is 5.98. The monoisotopic (exact) mass is 278 g/mol. The Labute approximate surface area is 123 Å². The summed E-state index contributed by atoms with van der Waals surface area (Å²) in [6.45, 7) is 8.56. The SMILES string of the molecule is CCCCCCC(C)Nc1nc(CCC)nc(N)c1C. The van der Waals surface area contributed by atoms with Gasteiger partial charge >= 0.3 is 0 Å². The molecule has 0 amide bonds. The number of nitrogens with zero attached hydrogens (tertiary/aromatic N) is 2. The quantitative estimate of drug-likeness (QED) is 0.668. The largest absolute Gasteiger partial charge is 0.383 e. The highest BCUT2D eigenvalue weighted by Gasteiger charge is 2.10. The van der Waals surface area contributed by atoms with Crippen molar-refractivity contribution in [1.29, 1.82) is 0 Å². The molecule has 1 heterocycles. The van der Waals surface area contributed by atoms with Gasteiger partial charge in [0, 0.05) is 18.0 Å². The van der Waals surface area contributed by atoms with E-state index >= 15 is 0 Å². The van der Waals surface area contributed by atoms with Gasteiger partial charge in [0.05, 0.1) is 0 Å². The number of hydrogen-bond donors (Lipinski definition) is 2. The number of anilines is 2. The lowest BCUT2D eigenvalue weighted by Crippen LogP contribution is -2.18. The molecule has 0 aliphatic heterocycles. The van der Waals surface area contributed by atoms with E-state index in [4.69, 9.17) is 5.73 Å². The number of aromatic nitrogens is 2. The molecule has 1 rings (SSSR count). The molecule has 1 unspecified atom stereocenters. The highest BCUT2D eigenvalue weighted by Crippen LogP contribution is 2.20. The molecule has 0 aromatic carbocycles. The molecule has 0 aliphatic rings. The van der Waals surface area contributed by atoms with E-state index in [0.29, 0.717) is 11.9 Å². The van der Waals surface area contributed by atoms with Crippen molar-refractivity contribution in [2.75, 3.05) is 11.1 Å². The second-order valence-corrected chi connectivity index (χ2v) is 5.64. The molecule has 0 spiro atoms. The topological polar surface area (TPSA) is 63.8 Å². The summed E-state index contributed by atoms with van der Waals surface area (Å²) in [7, 11) is 0. The molecule has 1 atom stereocenters. The number of nitrogens with one attached hydrogen (secondary N) is 1. The van der Waals surface area contributed by atoms with Gasteiger partial charge in [-0.1, -0.05) is 39.5 Å². The molecular formula is C16H30N4. The summed E-state index contributed by atoms with van der Waals surface area (Å²) in [6, 6.07) is 0.425. The van der Waals surface area contributed by atoms with E-state index in [9.17, 15) is 0 Å². The molecule has 4 nitrogen and oxygen atoms in total. The Hall–Kier alpha value is -1.32. The van der Waals surface area contributed by atoms with Crippen LogP contribution in [0.1, 0.15) is 70.7 Å². The Morgan fingerprint density at radius 2 is 1.85 bits per heavy atom. The first-order valence-corrected chi connectivity index (χ1v) is 7.98. The molecular weight excluding hydrogens is 248 g/mol. The Bertz CT molecular complexity index is 404. The van der Waals surface area contributed by atoms with E-state index in [-0.39, 0.29) is 0 Å². The first-order chi connectivity index (χ1) is 9.58. The summed E-state index contributed by atoms with van der Waals surface area (Å²) >= 11 is 0. The van der Waals surface area contributed by atoms with Crippen LogP contribution in [0.3, 0.4) is 0 Å². The van der Waals surface area contributed by atoms with Crippen LogP contribution in [0.2, 0.25) is 0 Å². The first kappa shape index (κ1) is 16.7. The van der Waals surface area contributed by atoms with E-state index in [1.165, 1.54) is 32.1 Å². The normalized spacial score (nSPS) is 12.4. The third kappa shape index (κ3) is 5.35. The van der Waals surface area contributed by atoms with E-state index in [0.717, 1.165) is 30.0 Å². The van der Waals surface area contributed by atoms with Gasteiger partial charge in [0.15, 0.2) is 0 Å². The Morgan fingerprint density at radius 1 is 1.10 bits per heavy atom. The van der Waals surface area contributed by atoms with Gasteiger partial charge in [0.1, 0.15) is 17.5 Å². The Balaban J connectivity index is 2.61. The molecule has 20 heavy (non-hydrogen) atoms. The minimum atomic E-state index is 0.425. The van der Waals surface area contributed by atoms with Crippen LogP contribution in [0.5, 0.6) is 0 Å². The first-order valence-electron chi connectivity index (χ1n) is 7.98. The average molecular weight is 278 g/mol. The van der Waals surface area contributed by atoms with E-state index < -0.39 is 0 Å². The van der Waals surface area contributed by atoms with Crippen LogP contribution in [-0.4, -0.2) is 16.0 Å². The third-order valence-electron chi connectivity index (χ3n) is 3.58. The standard InChI is InChI=1S/C16H30N4/c1-5-7-8-9-11-12(3)18-16-13(4)15(17)19-14(20-16)10-6-2/h12H,5-11H2,1-4H3,(H3,17,18,19,20). The van der Waals surface area contributed by atoms with Crippen LogP contribution in [-0.2, 0) is 6.42 Å². The van der Waals surface area contributed by atoms with Crippen LogP contribution in [0.15, 0.2) is 0 Å². The Morgan fingerprint density at radius 3 is 2.50 bits per heavy atom. The zero-order valence-corrected chi connectivity index (χ0v) is 13.5. The van der Waals surface area contributed by atoms with Gasteiger partial charge in [0.2, 0.25) is 0 Å². The molecule has 0 saturated carbocycles. The lowest BCUT2D eigenvalue weighted by Gasteiger charge is -2.17. The molecule has 0 fully saturated rings. The number of aryl methyl sites for hydroxylation is 1. The van der Waals surface area contributed by atoms with Crippen molar-refractivity contribution >= 4 is 11.6 Å². The van der Waals surface area contributed by atoms with Gasteiger partial charge in [0.25, 0.3) is 0 Å². The van der Waals surface area contributed by atoms with Crippen molar-refractivity contribution in [3.63, 3.8) is 0 Å². The van der Waals surface area contributed by atoms with Crippen LogP contribution in [0, 0.1) is 6.92 Å². The molecule has 1 aromatic rings. The minimum Gasteiger partial charge on any atom is -0.383 e. The highest BCUT2D eigenvalue weighted by molar-refractivity contribution is 5.55. The van der Waals surface area contributed by atoms with Crippen molar-refractivity contribution in [2.24, 2.45) is 0 Å². The van der Waals surface area contributed by atoms with Crippen LogP contribution >= 0.6 is 0 Å². The summed E-state index contributed by atoms with van der Waals surface area (Å²) in [5, 5.41) is 3.50. The molecule has 0 radical (unpaired) electrons. The molecule has 1 aromatic heterocycles. The fourth-order valence-electron chi connectivity index (χ4n) is 2.24. The summed E-state index contributed by atoms with van der Waals surface area (Å²) in [6.07, 6.45) is 8.28. The predicted molar refractivity (Wildman–Crippen MR) is 87.0 cm³/mol. The molecule has 0 aliphatic carbocycles. The second-order valence-electron chi connectivity index (χ2n) is 5.64. The van der Waals surface area contributed by atoms with Gasteiger partial charge < -0.3 is 11.1 Å². The fraction of sp³-hybridized carbons (Fsp3) is 0.750. The van der Waals surface area contributed by atoms with Gasteiger partial charge in [-0.05, 0) is 26.7 Å². The number of hydrogen-bond acceptors (Lipinski definition) is 4. The highest BCUT2D eigenvalue weighted by atomic mass is 15.1. The van der Waals surface area contributed by atoms with Gasteiger partial charge in [-0.2, -0.15) is 0 Å².